The lowest BCUT2D eigenvalue weighted by molar-refractivity contribution is -0.157. The molecule has 3 heteroatoms. The minimum Gasteiger partial charge on any atom is -0.381 e. The van der Waals surface area contributed by atoms with Crippen LogP contribution >= 0.6 is 0 Å². The van der Waals surface area contributed by atoms with Crippen LogP contribution in [0.25, 0.3) is 0 Å². The second-order valence-corrected chi connectivity index (χ2v) is 8.23. The first-order valence-corrected chi connectivity index (χ1v) is 8.44. The SMILES string of the molecule is CC1(C)CCC(N)(C2CCOC3(CCOCC3)C2)CC1. The molecule has 20 heavy (non-hydrogen) atoms. The summed E-state index contributed by atoms with van der Waals surface area (Å²) in [4.78, 5) is 0. The first-order chi connectivity index (χ1) is 9.43. The maximum atomic E-state index is 6.86. The van der Waals surface area contributed by atoms with E-state index in [1.165, 1.54) is 25.7 Å². The lowest BCUT2D eigenvalue weighted by Crippen LogP contribution is -2.56. The van der Waals surface area contributed by atoms with Gasteiger partial charge in [-0.3, -0.25) is 0 Å². The van der Waals surface area contributed by atoms with Crippen molar-refractivity contribution in [3.8, 4) is 0 Å². The fourth-order valence-electron chi connectivity index (χ4n) is 4.41. The van der Waals surface area contributed by atoms with Gasteiger partial charge in [0.05, 0.1) is 5.60 Å². The second-order valence-electron chi connectivity index (χ2n) is 8.23. The van der Waals surface area contributed by atoms with E-state index in [9.17, 15) is 0 Å². The molecule has 2 saturated heterocycles. The summed E-state index contributed by atoms with van der Waals surface area (Å²) in [6.45, 7) is 7.38. The molecule has 3 nitrogen and oxygen atoms in total. The summed E-state index contributed by atoms with van der Waals surface area (Å²) < 4.78 is 11.7. The number of rotatable bonds is 1. The number of hydrogen-bond acceptors (Lipinski definition) is 3. The Bertz CT molecular complexity index is 331. The predicted molar refractivity (Wildman–Crippen MR) is 80.6 cm³/mol. The minimum atomic E-state index is 0.0601. The molecular formula is C17H31NO2. The summed E-state index contributed by atoms with van der Waals surface area (Å²) in [5.74, 6) is 0.644. The fourth-order valence-corrected chi connectivity index (χ4v) is 4.41. The molecule has 0 bridgehead atoms. The van der Waals surface area contributed by atoms with Crippen LogP contribution in [0, 0.1) is 11.3 Å². The van der Waals surface area contributed by atoms with Crippen LogP contribution in [0.3, 0.4) is 0 Å². The third kappa shape index (κ3) is 2.90. The van der Waals surface area contributed by atoms with Gasteiger partial charge in [-0.1, -0.05) is 13.8 Å². The largest absolute Gasteiger partial charge is 0.381 e. The van der Waals surface area contributed by atoms with Gasteiger partial charge in [-0.2, -0.15) is 0 Å². The van der Waals surface area contributed by atoms with Gasteiger partial charge in [0, 0.05) is 25.4 Å². The molecule has 1 unspecified atom stereocenters. The molecule has 1 atom stereocenters. The summed E-state index contributed by atoms with van der Waals surface area (Å²) in [5, 5.41) is 0. The maximum Gasteiger partial charge on any atom is 0.0729 e. The number of nitrogens with two attached hydrogens (primary N) is 1. The molecule has 0 radical (unpaired) electrons. The normalized spacial score (nSPS) is 35.9. The fraction of sp³-hybridized carbons (Fsp3) is 1.00. The van der Waals surface area contributed by atoms with Crippen LogP contribution in [0.4, 0.5) is 0 Å². The Hall–Kier alpha value is -0.120. The van der Waals surface area contributed by atoms with Crippen LogP contribution < -0.4 is 5.73 Å². The van der Waals surface area contributed by atoms with E-state index >= 15 is 0 Å². The molecule has 3 rings (SSSR count). The van der Waals surface area contributed by atoms with Gasteiger partial charge < -0.3 is 15.2 Å². The quantitative estimate of drug-likeness (QED) is 0.802. The highest BCUT2D eigenvalue weighted by Crippen LogP contribution is 2.48. The predicted octanol–water partition coefficient (Wildman–Crippen LogP) is 3.26. The Kier molecular flexibility index (Phi) is 3.89. The highest BCUT2D eigenvalue weighted by Gasteiger charge is 2.47. The van der Waals surface area contributed by atoms with Crippen molar-refractivity contribution in [1.29, 1.82) is 0 Å². The first-order valence-electron chi connectivity index (χ1n) is 8.44. The van der Waals surface area contributed by atoms with Crippen molar-refractivity contribution in [1.82, 2.24) is 0 Å². The molecule has 0 aromatic heterocycles. The van der Waals surface area contributed by atoms with E-state index in [-0.39, 0.29) is 11.1 Å². The van der Waals surface area contributed by atoms with Crippen molar-refractivity contribution in [2.24, 2.45) is 17.1 Å². The summed E-state index contributed by atoms with van der Waals surface area (Å²) in [7, 11) is 0. The van der Waals surface area contributed by atoms with Gasteiger partial charge in [-0.25, -0.2) is 0 Å². The Morgan fingerprint density at radius 1 is 0.900 bits per heavy atom. The highest BCUT2D eigenvalue weighted by molar-refractivity contribution is 5.02. The lowest BCUT2D eigenvalue weighted by atomic mass is 9.62. The third-order valence-electron chi connectivity index (χ3n) is 6.24. The summed E-state index contributed by atoms with van der Waals surface area (Å²) in [5.41, 5.74) is 7.49. The average Bonchev–Trinajstić information content (AvgIpc) is 2.44. The van der Waals surface area contributed by atoms with Gasteiger partial charge in [-0.15, -0.1) is 0 Å². The Labute approximate surface area is 123 Å². The van der Waals surface area contributed by atoms with Crippen LogP contribution in [-0.4, -0.2) is 31.0 Å². The molecule has 1 spiro atoms. The van der Waals surface area contributed by atoms with Gasteiger partial charge in [0.1, 0.15) is 0 Å². The zero-order valence-corrected chi connectivity index (χ0v) is 13.2. The molecule has 2 N–H and O–H groups in total. The zero-order valence-electron chi connectivity index (χ0n) is 13.2. The zero-order chi connectivity index (χ0) is 14.3. The second kappa shape index (κ2) is 5.26. The van der Waals surface area contributed by atoms with Crippen LogP contribution in [0.15, 0.2) is 0 Å². The Morgan fingerprint density at radius 2 is 1.55 bits per heavy atom. The molecule has 3 aliphatic rings. The van der Waals surface area contributed by atoms with Crippen LogP contribution in [-0.2, 0) is 9.47 Å². The van der Waals surface area contributed by atoms with Crippen molar-refractivity contribution in [2.45, 2.75) is 76.4 Å². The van der Waals surface area contributed by atoms with Gasteiger partial charge in [-0.05, 0) is 62.7 Å². The minimum absolute atomic E-state index is 0.0601. The lowest BCUT2D eigenvalue weighted by Gasteiger charge is -2.51. The van der Waals surface area contributed by atoms with Gasteiger partial charge in [0.25, 0.3) is 0 Å². The van der Waals surface area contributed by atoms with Gasteiger partial charge in [0.15, 0.2) is 0 Å². The van der Waals surface area contributed by atoms with E-state index in [4.69, 9.17) is 15.2 Å². The van der Waals surface area contributed by atoms with Crippen molar-refractivity contribution >= 4 is 0 Å². The van der Waals surface area contributed by atoms with E-state index in [1.807, 2.05) is 0 Å². The monoisotopic (exact) mass is 281 g/mol. The molecule has 1 saturated carbocycles. The number of ether oxygens (including phenoxy) is 2. The van der Waals surface area contributed by atoms with E-state index in [0.717, 1.165) is 45.5 Å². The van der Waals surface area contributed by atoms with E-state index < -0.39 is 0 Å². The van der Waals surface area contributed by atoms with Crippen LogP contribution in [0.2, 0.25) is 0 Å². The Morgan fingerprint density at radius 3 is 2.20 bits per heavy atom. The topological polar surface area (TPSA) is 44.5 Å². The molecule has 116 valence electrons. The smallest absolute Gasteiger partial charge is 0.0729 e. The maximum absolute atomic E-state index is 6.86. The Balaban J connectivity index is 1.67. The van der Waals surface area contributed by atoms with Crippen molar-refractivity contribution < 1.29 is 9.47 Å². The molecule has 0 amide bonds. The highest BCUT2D eigenvalue weighted by atomic mass is 16.5. The van der Waals surface area contributed by atoms with E-state index in [0.29, 0.717) is 11.3 Å². The van der Waals surface area contributed by atoms with Crippen molar-refractivity contribution in [3.63, 3.8) is 0 Å². The first kappa shape index (κ1) is 14.8. The van der Waals surface area contributed by atoms with Crippen molar-refractivity contribution in [3.05, 3.63) is 0 Å². The third-order valence-corrected chi connectivity index (χ3v) is 6.24. The summed E-state index contributed by atoms with van der Waals surface area (Å²) >= 11 is 0. The molecule has 0 aromatic carbocycles. The number of hydrogen-bond donors (Lipinski definition) is 1. The molecule has 2 heterocycles. The average molecular weight is 281 g/mol. The standard InChI is InChI=1S/C17H31NO2/c1-15(2)4-6-17(18,7-5-15)14-3-10-20-16(13-14)8-11-19-12-9-16/h14H,3-13,18H2,1-2H3. The summed E-state index contributed by atoms with van der Waals surface area (Å²) in [6, 6.07) is 0. The molecule has 0 aromatic rings. The van der Waals surface area contributed by atoms with Gasteiger partial charge in [0.2, 0.25) is 0 Å². The van der Waals surface area contributed by atoms with Crippen LogP contribution in [0.1, 0.15) is 65.2 Å². The van der Waals surface area contributed by atoms with E-state index in [2.05, 4.69) is 13.8 Å². The van der Waals surface area contributed by atoms with Gasteiger partial charge >= 0.3 is 0 Å². The van der Waals surface area contributed by atoms with E-state index in [1.54, 1.807) is 0 Å². The molecule has 1 aliphatic carbocycles. The molecule has 2 aliphatic heterocycles. The van der Waals surface area contributed by atoms with Crippen LogP contribution in [0.5, 0.6) is 0 Å². The van der Waals surface area contributed by atoms with Crippen molar-refractivity contribution in [2.75, 3.05) is 19.8 Å². The molecular weight excluding hydrogens is 250 g/mol. The molecule has 3 fully saturated rings. The summed E-state index contributed by atoms with van der Waals surface area (Å²) in [6.07, 6.45) is 9.37.